The van der Waals surface area contributed by atoms with Crippen molar-refractivity contribution >= 4 is 23.0 Å². The highest BCUT2D eigenvalue weighted by Gasteiger charge is 2.18. The summed E-state index contributed by atoms with van der Waals surface area (Å²) in [6, 6.07) is 16.1. The molecule has 26 heavy (non-hydrogen) atoms. The van der Waals surface area contributed by atoms with Crippen LogP contribution in [0.2, 0.25) is 0 Å². The van der Waals surface area contributed by atoms with Crippen LogP contribution in [0.4, 0.5) is 11.4 Å². The molecule has 2 heterocycles. The van der Waals surface area contributed by atoms with Crippen molar-refractivity contribution in [2.24, 2.45) is 4.99 Å². The molecule has 0 unspecified atom stereocenters. The first-order chi connectivity index (χ1) is 12.6. The Bertz CT molecular complexity index is 1020. The van der Waals surface area contributed by atoms with Gasteiger partial charge in [-0.2, -0.15) is 0 Å². The number of aromatic nitrogens is 1. The molecule has 0 radical (unpaired) electrons. The lowest BCUT2D eigenvalue weighted by atomic mass is 10.0. The minimum Gasteiger partial charge on any atom is -0.324 e. The van der Waals surface area contributed by atoms with Crippen LogP contribution in [0.1, 0.15) is 23.1 Å². The van der Waals surface area contributed by atoms with Crippen molar-refractivity contribution in [1.29, 1.82) is 0 Å². The highest BCUT2D eigenvalue weighted by molar-refractivity contribution is 6.17. The molecule has 3 aromatic rings. The molecule has 0 saturated carbocycles. The normalized spacial score (nSPS) is 13.5. The quantitative estimate of drug-likeness (QED) is 0.726. The average molecular weight is 341 g/mol. The molecule has 0 aliphatic carbocycles. The number of nitrogens with one attached hydrogen (secondary N) is 1. The molecule has 1 aromatic heterocycles. The van der Waals surface area contributed by atoms with Crippen molar-refractivity contribution in [1.82, 2.24) is 4.98 Å². The van der Waals surface area contributed by atoms with Crippen LogP contribution in [0.15, 0.2) is 65.9 Å². The first-order valence-electron chi connectivity index (χ1n) is 8.59. The summed E-state index contributed by atoms with van der Waals surface area (Å²) in [4.78, 5) is 21.3. The highest BCUT2D eigenvalue weighted by Crippen LogP contribution is 2.32. The van der Waals surface area contributed by atoms with Crippen LogP contribution in [0.5, 0.6) is 0 Å². The summed E-state index contributed by atoms with van der Waals surface area (Å²) in [6.45, 7) is 4.09. The Kier molecular flexibility index (Phi) is 4.09. The fraction of sp³-hybridized carbons (Fsp3) is 0.136. The molecule has 4 nitrogen and oxygen atoms in total. The van der Waals surface area contributed by atoms with Crippen molar-refractivity contribution in [2.45, 2.75) is 20.3 Å². The number of benzene rings is 2. The topological polar surface area (TPSA) is 54.4 Å². The number of rotatable bonds is 2. The summed E-state index contributed by atoms with van der Waals surface area (Å²) >= 11 is 0. The Morgan fingerprint density at radius 3 is 2.42 bits per heavy atom. The lowest BCUT2D eigenvalue weighted by Gasteiger charge is -2.08. The number of fused-ring (bicyclic) bond motifs is 1. The first-order valence-corrected chi connectivity index (χ1v) is 8.59. The van der Waals surface area contributed by atoms with Crippen LogP contribution in [-0.2, 0) is 4.79 Å². The number of carbonyl (C=O) groups excluding carboxylic acids is 1. The van der Waals surface area contributed by atoms with E-state index in [2.05, 4.69) is 29.4 Å². The van der Waals surface area contributed by atoms with E-state index < -0.39 is 0 Å². The van der Waals surface area contributed by atoms with Crippen LogP contribution in [0, 0.1) is 13.8 Å². The standard InChI is InChI=1S/C22H19N3O/c1-14-10-20-21(11-15(14)2)25-22(26)13-19(24-20)18-5-3-4-17(12-18)16-6-8-23-9-7-16/h3-12H,13H2,1-2H3,(H,25,26). The maximum Gasteiger partial charge on any atom is 0.230 e. The number of anilines is 1. The van der Waals surface area contributed by atoms with Gasteiger partial charge in [-0.05, 0) is 72.0 Å². The summed E-state index contributed by atoms with van der Waals surface area (Å²) < 4.78 is 0. The second-order valence-electron chi connectivity index (χ2n) is 6.55. The van der Waals surface area contributed by atoms with Gasteiger partial charge in [0.25, 0.3) is 0 Å². The van der Waals surface area contributed by atoms with Gasteiger partial charge in [0.15, 0.2) is 0 Å². The summed E-state index contributed by atoms with van der Waals surface area (Å²) in [5, 5.41) is 2.97. The van der Waals surface area contributed by atoms with E-state index in [1.165, 1.54) is 0 Å². The highest BCUT2D eigenvalue weighted by atomic mass is 16.1. The summed E-state index contributed by atoms with van der Waals surface area (Å²) in [5.41, 5.74) is 7.79. The Balaban J connectivity index is 1.80. The fourth-order valence-electron chi connectivity index (χ4n) is 3.11. The molecule has 1 aliphatic rings. The maximum absolute atomic E-state index is 12.4. The number of aliphatic imine (C=N–C) groups is 1. The molecular weight excluding hydrogens is 322 g/mol. The SMILES string of the molecule is Cc1cc2c(cc1C)NC(=O)CC(c1cccc(-c3ccncc3)c1)=N2. The third-order valence-corrected chi connectivity index (χ3v) is 4.68. The molecule has 0 bridgehead atoms. The molecule has 2 aromatic carbocycles. The van der Waals surface area contributed by atoms with Crippen LogP contribution in [0.3, 0.4) is 0 Å². The van der Waals surface area contributed by atoms with Crippen molar-refractivity contribution in [3.05, 3.63) is 77.6 Å². The number of nitrogens with zero attached hydrogens (tertiary/aromatic N) is 2. The molecule has 4 heteroatoms. The fourth-order valence-corrected chi connectivity index (χ4v) is 3.11. The minimum atomic E-state index is -0.0416. The Hall–Kier alpha value is -3.27. The van der Waals surface area contributed by atoms with Crippen molar-refractivity contribution in [3.8, 4) is 11.1 Å². The van der Waals surface area contributed by atoms with Gasteiger partial charge in [0, 0.05) is 12.4 Å². The van der Waals surface area contributed by atoms with E-state index >= 15 is 0 Å². The number of amides is 1. The molecule has 1 N–H and O–H groups in total. The van der Waals surface area contributed by atoms with E-state index in [0.29, 0.717) is 0 Å². The summed E-state index contributed by atoms with van der Waals surface area (Å²) in [6.07, 6.45) is 3.81. The predicted molar refractivity (Wildman–Crippen MR) is 105 cm³/mol. The molecule has 128 valence electrons. The van der Waals surface area contributed by atoms with E-state index in [9.17, 15) is 4.79 Å². The van der Waals surface area contributed by atoms with E-state index in [-0.39, 0.29) is 12.3 Å². The second kappa shape index (κ2) is 6.56. The summed E-state index contributed by atoms with van der Waals surface area (Å²) in [5.74, 6) is -0.0416. The molecule has 0 spiro atoms. The number of carbonyl (C=O) groups is 1. The molecule has 0 atom stereocenters. The molecule has 1 aliphatic heterocycles. The van der Waals surface area contributed by atoms with Gasteiger partial charge in [-0.25, -0.2) is 0 Å². The van der Waals surface area contributed by atoms with E-state index in [1.807, 2.05) is 43.3 Å². The molecule has 0 saturated heterocycles. The Morgan fingerprint density at radius 1 is 0.885 bits per heavy atom. The van der Waals surface area contributed by atoms with Crippen LogP contribution < -0.4 is 5.32 Å². The van der Waals surface area contributed by atoms with E-state index in [1.54, 1.807) is 12.4 Å². The van der Waals surface area contributed by atoms with Crippen LogP contribution >= 0.6 is 0 Å². The zero-order chi connectivity index (χ0) is 18.1. The van der Waals surface area contributed by atoms with Gasteiger partial charge in [0.1, 0.15) is 0 Å². The molecular formula is C22H19N3O. The number of hydrogen-bond donors (Lipinski definition) is 1. The van der Waals surface area contributed by atoms with Crippen molar-refractivity contribution in [3.63, 3.8) is 0 Å². The monoisotopic (exact) mass is 341 g/mol. The summed E-state index contributed by atoms with van der Waals surface area (Å²) in [7, 11) is 0. The van der Waals surface area contributed by atoms with Crippen molar-refractivity contribution in [2.75, 3.05) is 5.32 Å². The Labute approximate surface area is 152 Å². The third-order valence-electron chi connectivity index (χ3n) is 4.68. The second-order valence-corrected chi connectivity index (χ2v) is 6.55. The van der Waals surface area contributed by atoms with Gasteiger partial charge < -0.3 is 5.32 Å². The van der Waals surface area contributed by atoms with E-state index in [0.717, 1.165) is 44.9 Å². The number of aryl methyl sites for hydroxylation is 2. The molecule has 0 fully saturated rings. The van der Waals surface area contributed by atoms with Gasteiger partial charge in [-0.15, -0.1) is 0 Å². The van der Waals surface area contributed by atoms with Crippen LogP contribution in [0.25, 0.3) is 11.1 Å². The van der Waals surface area contributed by atoms with Gasteiger partial charge in [-0.3, -0.25) is 14.8 Å². The molecule has 1 amide bonds. The average Bonchev–Trinajstić information content (AvgIpc) is 2.81. The minimum absolute atomic E-state index is 0.0416. The third kappa shape index (κ3) is 3.14. The lowest BCUT2D eigenvalue weighted by Crippen LogP contribution is -2.15. The predicted octanol–water partition coefficient (Wildman–Crippen LogP) is 4.83. The maximum atomic E-state index is 12.4. The van der Waals surface area contributed by atoms with Crippen LogP contribution in [-0.4, -0.2) is 16.6 Å². The Morgan fingerprint density at radius 2 is 1.62 bits per heavy atom. The molecule has 4 rings (SSSR count). The zero-order valence-corrected chi connectivity index (χ0v) is 14.8. The largest absolute Gasteiger partial charge is 0.324 e. The number of hydrogen-bond acceptors (Lipinski definition) is 3. The first kappa shape index (κ1) is 16.2. The number of pyridine rings is 1. The van der Waals surface area contributed by atoms with E-state index in [4.69, 9.17) is 4.99 Å². The van der Waals surface area contributed by atoms with Gasteiger partial charge in [0.05, 0.1) is 23.5 Å². The van der Waals surface area contributed by atoms with Crippen molar-refractivity contribution < 1.29 is 4.79 Å². The smallest absolute Gasteiger partial charge is 0.230 e. The zero-order valence-electron chi connectivity index (χ0n) is 14.8. The van der Waals surface area contributed by atoms with Gasteiger partial charge in [-0.1, -0.05) is 18.2 Å². The lowest BCUT2D eigenvalue weighted by molar-refractivity contribution is -0.115. The van der Waals surface area contributed by atoms with Gasteiger partial charge >= 0.3 is 0 Å². The van der Waals surface area contributed by atoms with Gasteiger partial charge in [0.2, 0.25) is 5.91 Å².